The second-order valence-electron chi connectivity index (χ2n) is 3.07. The van der Waals surface area contributed by atoms with Gasteiger partial charge < -0.3 is 10.5 Å². The van der Waals surface area contributed by atoms with Crippen molar-refractivity contribution in [1.29, 1.82) is 5.41 Å². The van der Waals surface area contributed by atoms with E-state index in [9.17, 15) is 0 Å². The fraction of sp³-hybridized carbons (Fsp3) is 0.500. The number of amidine groups is 1. The van der Waals surface area contributed by atoms with Crippen LogP contribution in [0.5, 0.6) is 0 Å². The van der Waals surface area contributed by atoms with Gasteiger partial charge in [0.1, 0.15) is 0 Å². The molecule has 1 rings (SSSR count). The van der Waals surface area contributed by atoms with Crippen LogP contribution in [-0.4, -0.2) is 19.0 Å². The lowest BCUT2D eigenvalue weighted by molar-refractivity contribution is 0.136. The smallest absolute Gasteiger partial charge is 0.0906 e. The van der Waals surface area contributed by atoms with E-state index in [-0.39, 0.29) is 5.84 Å². The van der Waals surface area contributed by atoms with Gasteiger partial charge in [0.05, 0.1) is 12.4 Å². The van der Waals surface area contributed by atoms with E-state index in [1.54, 1.807) is 11.3 Å². The molecule has 78 valence electrons. The standard InChI is InChI=1S/C10H16N2OS/c11-10(12)4-1-6-13-7-5-9-3-2-8-14-9/h2-3,8H,1,4-7H2,(H3,11,12). The largest absolute Gasteiger partial charge is 0.388 e. The molecule has 0 aliphatic carbocycles. The third kappa shape index (κ3) is 4.99. The van der Waals surface area contributed by atoms with E-state index in [4.69, 9.17) is 15.9 Å². The Balaban J connectivity index is 1.92. The molecule has 3 N–H and O–H groups in total. The molecule has 0 aliphatic heterocycles. The molecule has 1 aromatic heterocycles. The molecule has 3 nitrogen and oxygen atoms in total. The summed E-state index contributed by atoms with van der Waals surface area (Å²) in [6.07, 6.45) is 2.47. The van der Waals surface area contributed by atoms with Gasteiger partial charge in [-0.3, -0.25) is 5.41 Å². The maximum atomic E-state index is 7.01. The third-order valence-electron chi connectivity index (χ3n) is 1.81. The topological polar surface area (TPSA) is 59.1 Å². The van der Waals surface area contributed by atoms with Crippen molar-refractivity contribution in [2.24, 2.45) is 5.73 Å². The molecular formula is C10H16N2OS. The van der Waals surface area contributed by atoms with Gasteiger partial charge in [0, 0.05) is 24.3 Å². The van der Waals surface area contributed by atoms with Crippen LogP contribution in [0.2, 0.25) is 0 Å². The Morgan fingerprint density at radius 3 is 3.00 bits per heavy atom. The molecule has 0 saturated carbocycles. The van der Waals surface area contributed by atoms with Crippen molar-refractivity contribution in [3.63, 3.8) is 0 Å². The van der Waals surface area contributed by atoms with Crippen LogP contribution in [0.25, 0.3) is 0 Å². The maximum Gasteiger partial charge on any atom is 0.0906 e. The van der Waals surface area contributed by atoms with E-state index in [0.717, 1.165) is 19.4 Å². The monoisotopic (exact) mass is 212 g/mol. The molecule has 0 aromatic carbocycles. The van der Waals surface area contributed by atoms with Crippen molar-refractivity contribution in [3.8, 4) is 0 Å². The molecule has 1 heterocycles. The molecule has 0 unspecified atom stereocenters. The third-order valence-corrected chi connectivity index (χ3v) is 2.74. The number of hydrogen-bond acceptors (Lipinski definition) is 3. The van der Waals surface area contributed by atoms with Gasteiger partial charge in [-0.15, -0.1) is 11.3 Å². The Labute approximate surface area is 88.4 Å². The summed E-state index contributed by atoms with van der Waals surface area (Å²) in [7, 11) is 0. The van der Waals surface area contributed by atoms with E-state index in [0.29, 0.717) is 13.0 Å². The average Bonchev–Trinajstić information content (AvgIpc) is 2.63. The molecule has 0 aliphatic rings. The zero-order valence-corrected chi connectivity index (χ0v) is 8.98. The number of ether oxygens (including phenoxy) is 1. The van der Waals surface area contributed by atoms with Gasteiger partial charge in [0.25, 0.3) is 0 Å². The number of nitrogens with two attached hydrogens (primary N) is 1. The minimum atomic E-state index is 0.242. The zero-order valence-electron chi connectivity index (χ0n) is 8.16. The van der Waals surface area contributed by atoms with Gasteiger partial charge in [0.15, 0.2) is 0 Å². The molecule has 1 aromatic rings. The summed E-state index contributed by atoms with van der Waals surface area (Å²) < 4.78 is 5.41. The second-order valence-corrected chi connectivity index (χ2v) is 4.10. The van der Waals surface area contributed by atoms with Crippen LogP contribution in [0, 0.1) is 5.41 Å². The van der Waals surface area contributed by atoms with Crippen molar-refractivity contribution in [3.05, 3.63) is 22.4 Å². The molecular weight excluding hydrogens is 196 g/mol. The lowest BCUT2D eigenvalue weighted by Crippen LogP contribution is -2.10. The van der Waals surface area contributed by atoms with Gasteiger partial charge >= 0.3 is 0 Å². The van der Waals surface area contributed by atoms with Crippen LogP contribution in [0.15, 0.2) is 17.5 Å². The SMILES string of the molecule is N=C(N)CCCOCCc1cccs1. The summed E-state index contributed by atoms with van der Waals surface area (Å²) in [6, 6.07) is 4.17. The average molecular weight is 212 g/mol. The Morgan fingerprint density at radius 1 is 1.50 bits per heavy atom. The highest BCUT2D eigenvalue weighted by Gasteiger charge is 1.94. The first-order valence-corrected chi connectivity index (χ1v) is 5.60. The van der Waals surface area contributed by atoms with Gasteiger partial charge in [-0.1, -0.05) is 6.07 Å². The molecule has 4 heteroatoms. The Morgan fingerprint density at radius 2 is 2.36 bits per heavy atom. The minimum Gasteiger partial charge on any atom is -0.388 e. The predicted molar refractivity (Wildman–Crippen MR) is 60.0 cm³/mol. The van der Waals surface area contributed by atoms with Crippen LogP contribution in [0.1, 0.15) is 17.7 Å². The first kappa shape index (κ1) is 11.2. The predicted octanol–water partition coefficient (Wildman–Crippen LogP) is 2.02. The van der Waals surface area contributed by atoms with Crippen molar-refractivity contribution >= 4 is 17.2 Å². The fourth-order valence-corrected chi connectivity index (χ4v) is 1.78. The summed E-state index contributed by atoms with van der Waals surface area (Å²) in [5.74, 6) is 0.242. The number of rotatable bonds is 7. The summed E-state index contributed by atoms with van der Waals surface area (Å²) in [6.45, 7) is 1.46. The molecule has 14 heavy (non-hydrogen) atoms. The van der Waals surface area contributed by atoms with E-state index < -0.39 is 0 Å². The van der Waals surface area contributed by atoms with E-state index in [1.165, 1.54) is 4.88 Å². The minimum absolute atomic E-state index is 0.242. The van der Waals surface area contributed by atoms with Gasteiger partial charge in [0.2, 0.25) is 0 Å². The second kappa shape index (κ2) is 6.56. The molecule has 0 fully saturated rings. The van der Waals surface area contributed by atoms with Crippen LogP contribution in [0.4, 0.5) is 0 Å². The normalized spacial score (nSPS) is 10.3. The van der Waals surface area contributed by atoms with E-state index >= 15 is 0 Å². The van der Waals surface area contributed by atoms with Crippen molar-refractivity contribution in [2.75, 3.05) is 13.2 Å². The van der Waals surface area contributed by atoms with Gasteiger partial charge in [-0.05, 0) is 17.9 Å². The van der Waals surface area contributed by atoms with Crippen LogP contribution >= 0.6 is 11.3 Å². The highest BCUT2D eigenvalue weighted by molar-refractivity contribution is 7.09. The number of nitrogens with one attached hydrogen (secondary N) is 1. The zero-order chi connectivity index (χ0) is 10.2. The molecule has 0 saturated heterocycles. The number of hydrogen-bond donors (Lipinski definition) is 2. The highest BCUT2D eigenvalue weighted by atomic mass is 32.1. The Hall–Kier alpha value is -0.870. The van der Waals surface area contributed by atoms with Crippen LogP contribution in [0.3, 0.4) is 0 Å². The molecule has 0 radical (unpaired) electrons. The van der Waals surface area contributed by atoms with E-state index in [2.05, 4.69) is 17.5 Å². The lowest BCUT2D eigenvalue weighted by Gasteiger charge is -2.02. The van der Waals surface area contributed by atoms with Crippen LogP contribution in [-0.2, 0) is 11.2 Å². The highest BCUT2D eigenvalue weighted by Crippen LogP contribution is 2.08. The lowest BCUT2D eigenvalue weighted by atomic mass is 10.3. The quantitative estimate of drug-likeness (QED) is 0.413. The first-order chi connectivity index (χ1) is 6.79. The maximum absolute atomic E-state index is 7.01. The molecule has 0 atom stereocenters. The van der Waals surface area contributed by atoms with Crippen molar-refractivity contribution in [2.45, 2.75) is 19.3 Å². The summed E-state index contributed by atoms with van der Waals surface area (Å²) in [4.78, 5) is 1.36. The summed E-state index contributed by atoms with van der Waals surface area (Å²) in [5, 5.41) is 9.09. The fourth-order valence-electron chi connectivity index (χ4n) is 1.09. The summed E-state index contributed by atoms with van der Waals surface area (Å²) in [5.41, 5.74) is 5.21. The van der Waals surface area contributed by atoms with Gasteiger partial charge in [-0.2, -0.15) is 0 Å². The Bertz CT molecular complexity index is 259. The van der Waals surface area contributed by atoms with Crippen molar-refractivity contribution in [1.82, 2.24) is 0 Å². The first-order valence-electron chi connectivity index (χ1n) is 4.72. The van der Waals surface area contributed by atoms with Crippen LogP contribution < -0.4 is 5.73 Å². The Kier molecular flexibility index (Phi) is 5.25. The molecule has 0 spiro atoms. The molecule has 0 bridgehead atoms. The van der Waals surface area contributed by atoms with Gasteiger partial charge in [-0.25, -0.2) is 0 Å². The molecule has 0 amide bonds. The van der Waals surface area contributed by atoms with Crippen molar-refractivity contribution < 1.29 is 4.74 Å². The summed E-state index contributed by atoms with van der Waals surface area (Å²) >= 11 is 1.76. The number of thiophene rings is 1. The van der Waals surface area contributed by atoms with E-state index in [1.807, 2.05) is 0 Å².